The number of benzene rings is 1. The first kappa shape index (κ1) is 13.2. The number of hydrogen-bond acceptors (Lipinski definition) is 2. The molecule has 0 aliphatic heterocycles. The molecule has 0 aliphatic carbocycles. The number of aryl methyl sites for hydroxylation is 1. The van der Waals surface area contributed by atoms with Gasteiger partial charge in [-0.25, -0.2) is 4.39 Å². The highest BCUT2D eigenvalue weighted by molar-refractivity contribution is 7.10. The molecule has 0 saturated heterocycles. The van der Waals surface area contributed by atoms with Crippen molar-refractivity contribution >= 4 is 11.3 Å². The molecule has 0 amide bonds. The van der Waals surface area contributed by atoms with Gasteiger partial charge in [0.1, 0.15) is 5.82 Å². The van der Waals surface area contributed by atoms with Crippen LogP contribution >= 0.6 is 11.3 Å². The fourth-order valence-electron chi connectivity index (χ4n) is 2.14. The zero-order valence-electron chi connectivity index (χ0n) is 10.7. The lowest BCUT2D eigenvalue weighted by Crippen LogP contribution is -2.22. The maximum absolute atomic E-state index is 13.4. The van der Waals surface area contributed by atoms with E-state index in [9.17, 15) is 4.39 Å². The second-order valence-corrected chi connectivity index (χ2v) is 5.16. The van der Waals surface area contributed by atoms with Gasteiger partial charge in [-0.3, -0.25) is 0 Å². The highest BCUT2D eigenvalue weighted by Gasteiger charge is 2.17. The summed E-state index contributed by atoms with van der Waals surface area (Å²) in [5.41, 5.74) is 2.34. The molecule has 0 saturated carbocycles. The van der Waals surface area contributed by atoms with Crippen LogP contribution in [-0.4, -0.2) is 6.54 Å². The molecule has 1 atom stereocenters. The second kappa shape index (κ2) is 6.12. The summed E-state index contributed by atoms with van der Waals surface area (Å²) in [6, 6.07) is 9.11. The van der Waals surface area contributed by atoms with Gasteiger partial charge >= 0.3 is 0 Å². The lowest BCUT2D eigenvalue weighted by molar-refractivity contribution is 0.605. The summed E-state index contributed by atoms with van der Waals surface area (Å²) in [6.07, 6.45) is 1.01. The molecule has 1 nitrogen and oxygen atoms in total. The molecule has 18 heavy (non-hydrogen) atoms. The summed E-state index contributed by atoms with van der Waals surface area (Å²) in [7, 11) is 0. The first-order valence-electron chi connectivity index (χ1n) is 6.31. The minimum Gasteiger partial charge on any atom is -0.306 e. The Labute approximate surface area is 112 Å². The molecule has 0 spiro atoms. The number of thiophene rings is 1. The zero-order chi connectivity index (χ0) is 13.0. The molecular formula is C15H18FNS. The van der Waals surface area contributed by atoms with Gasteiger partial charge in [-0.15, -0.1) is 11.3 Å². The van der Waals surface area contributed by atoms with Crippen LogP contribution in [0.4, 0.5) is 4.39 Å². The smallest absolute Gasteiger partial charge is 0.123 e. The second-order valence-electron chi connectivity index (χ2n) is 4.21. The van der Waals surface area contributed by atoms with E-state index in [1.807, 2.05) is 6.07 Å². The summed E-state index contributed by atoms with van der Waals surface area (Å²) in [4.78, 5) is 1.30. The van der Waals surface area contributed by atoms with Gasteiger partial charge < -0.3 is 5.32 Å². The number of hydrogen-bond donors (Lipinski definition) is 1. The predicted octanol–water partition coefficient (Wildman–Crippen LogP) is 4.15. The van der Waals surface area contributed by atoms with Crippen LogP contribution in [0.5, 0.6) is 0 Å². The fourth-order valence-corrected chi connectivity index (χ4v) is 3.24. The van der Waals surface area contributed by atoms with Crippen molar-refractivity contribution in [3.05, 3.63) is 57.5 Å². The van der Waals surface area contributed by atoms with E-state index in [1.165, 1.54) is 16.5 Å². The standard InChI is InChI=1S/C15H18FNS/c1-3-11-8-9-18-15(11)14(17-4-2)12-6-5-7-13(16)10-12/h5-10,14,17H,3-4H2,1-2H3. The van der Waals surface area contributed by atoms with E-state index in [1.54, 1.807) is 23.5 Å². The van der Waals surface area contributed by atoms with Gasteiger partial charge in [0.05, 0.1) is 6.04 Å². The van der Waals surface area contributed by atoms with Gasteiger partial charge in [0.15, 0.2) is 0 Å². The van der Waals surface area contributed by atoms with E-state index < -0.39 is 0 Å². The Balaban J connectivity index is 2.39. The van der Waals surface area contributed by atoms with Crippen molar-refractivity contribution in [3.8, 4) is 0 Å². The van der Waals surface area contributed by atoms with E-state index in [0.29, 0.717) is 0 Å². The van der Waals surface area contributed by atoms with Crippen molar-refractivity contribution in [1.29, 1.82) is 0 Å². The Morgan fingerprint density at radius 3 is 2.78 bits per heavy atom. The molecule has 0 aliphatic rings. The van der Waals surface area contributed by atoms with Crippen molar-refractivity contribution in [1.82, 2.24) is 5.32 Å². The molecule has 3 heteroatoms. The minimum absolute atomic E-state index is 0.0978. The van der Waals surface area contributed by atoms with Crippen LogP contribution in [0.25, 0.3) is 0 Å². The van der Waals surface area contributed by atoms with E-state index in [0.717, 1.165) is 18.5 Å². The van der Waals surface area contributed by atoms with Gasteiger partial charge in [0, 0.05) is 4.88 Å². The van der Waals surface area contributed by atoms with Crippen molar-refractivity contribution in [2.24, 2.45) is 0 Å². The van der Waals surface area contributed by atoms with Crippen molar-refractivity contribution in [2.75, 3.05) is 6.54 Å². The van der Waals surface area contributed by atoms with E-state index in [2.05, 4.69) is 30.6 Å². The monoisotopic (exact) mass is 263 g/mol. The Kier molecular flexibility index (Phi) is 4.50. The molecule has 1 aromatic carbocycles. The van der Waals surface area contributed by atoms with Crippen LogP contribution in [0.2, 0.25) is 0 Å². The summed E-state index contributed by atoms with van der Waals surface area (Å²) in [6.45, 7) is 5.09. The highest BCUT2D eigenvalue weighted by Crippen LogP contribution is 2.30. The lowest BCUT2D eigenvalue weighted by Gasteiger charge is -2.19. The van der Waals surface area contributed by atoms with Crippen LogP contribution in [0.15, 0.2) is 35.7 Å². The molecule has 0 bridgehead atoms. The molecular weight excluding hydrogens is 245 g/mol. The van der Waals surface area contributed by atoms with Gasteiger partial charge in [0.25, 0.3) is 0 Å². The first-order valence-corrected chi connectivity index (χ1v) is 7.19. The van der Waals surface area contributed by atoms with E-state index >= 15 is 0 Å². The Morgan fingerprint density at radius 2 is 2.11 bits per heavy atom. The van der Waals surface area contributed by atoms with Gasteiger partial charge in [-0.2, -0.15) is 0 Å². The molecule has 1 aromatic heterocycles. The third-order valence-electron chi connectivity index (χ3n) is 3.01. The number of nitrogens with one attached hydrogen (secondary N) is 1. The predicted molar refractivity (Wildman–Crippen MR) is 75.6 cm³/mol. The maximum atomic E-state index is 13.4. The molecule has 0 fully saturated rings. The third kappa shape index (κ3) is 2.79. The van der Waals surface area contributed by atoms with Crippen molar-refractivity contribution < 1.29 is 4.39 Å². The molecule has 1 N–H and O–H groups in total. The van der Waals surface area contributed by atoms with Crippen molar-refractivity contribution in [3.63, 3.8) is 0 Å². The fraction of sp³-hybridized carbons (Fsp3) is 0.333. The van der Waals surface area contributed by atoms with Crippen LogP contribution < -0.4 is 5.32 Å². The van der Waals surface area contributed by atoms with Crippen LogP contribution in [0.3, 0.4) is 0 Å². The zero-order valence-corrected chi connectivity index (χ0v) is 11.6. The van der Waals surface area contributed by atoms with Crippen LogP contribution in [-0.2, 0) is 6.42 Å². The number of halogens is 1. The van der Waals surface area contributed by atoms with E-state index in [-0.39, 0.29) is 11.9 Å². The largest absolute Gasteiger partial charge is 0.306 e. The molecule has 0 radical (unpaired) electrons. The first-order chi connectivity index (χ1) is 8.76. The molecule has 2 rings (SSSR count). The highest BCUT2D eigenvalue weighted by atomic mass is 32.1. The maximum Gasteiger partial charge on any atom is 0.123 e. The third-order valence-corrected chi connectivity index (χ3v) is 4.04. The normalized spacial score (nSPS) is 12.6. The minimum atomic E-state index is -0.176. The average Bonchev–Trinajstić information content (AvgIpc) is 2.84. The molecule has 96 valence electrons. The molecule has 2 aromatic rings. The summed E-state index contributed by atoms with van der Waals surface area (Å²) in [5.74, 6) is -0.176. The van der Waals surface area contributed by atoms with Crippen molar-refractivity contribution in [2.45, 2.75) is 26.3 Å². The molecule has 1 unspecified atom stereocenters. The quantitative estimate of drug-likeness (QED) is 0.854. The Bertz CT molecular complexity index is 507. The SMILES string of the molecule is CCNC(c1cccc(F)c1)c1sccc1CC. The summed E-state index contributed by atoms with van der Waals surface area (Å²) < 4.78 is 13.4. The lowest BCUT2D eigenvalue weighted by atomic mass is 10.0. The topological polar surface area (TPSA) is 12.0 Å². The van der Waals surface area contributed by atoms with Gasteiger partial charge in [-0.05, 0) is 47.7 Å². The van der Waals surface area contributed by atoms with Gasteiger partial charge in [-0.1, -0.05) is 26.0 Å². The molecule has 1 heterocycles. The Morgan fingerprint density at radius 1 is 1.28 bits per heavy atom. The number of rotatable bonds is 5. The van der Waals surface area contributed by atoms with Crippen LogP contribution in [0.1, 0.15) is 35.9 Å². The van der Waals surface area contributed by atoms with Gasteiger partial charge in [0.2, 0.25) is 0 Å². The summed E-state index contributed by atoms with van der Waals surface area (Å²) >= 11 is 1.74. The average molecular weight is 263 g/mol. The Hall–Kier alpha value is -1.19. The van der Waals surface area contributed by atoms with Crippen LogP contribution in [0, 0.1) is 5.82 Å². The van der Waals surface area contributed by atoms with E-state index in [4.69, 9.17) is 0 Å². The summed E-state index contributed by atoms with van der Waals surface area (Å²) in [5, 5.41) is 5.56.